The summed E-state index contributed by atoms with van der Waals surface area (Å²) in [4.78, 5) is 9.43. The Balaban J connectivity index is 1.96. The Kier molecular flexibility index (Phi) is 3.73. The van der Waals surface area contributed by atoms with E-state index in [0.29, 0.717) is 5.78 Å². The number of hydrogen-bond acceptors (Lipinski definition) is 3. The summed E-state index contributed by atoms with van der Waals surface area (Å²) < 4.78 is 2.08. The number of nitrogens with zero attached hydrogens (tertiary/aromatic N) is 3. The number of rotatable bonds is 3. The van der Waals surface area contributed by atoms with E-state index in [2.05, 4.69) is 71.0 Å². The zero-order valence-corrected chi connectivity index (χ0v) is 14.6. The highest BCUT2D eigenvalue weighted by molar-refractivity contribution is 5.79. The fourth-order valence-corrected chi connectivity index (χ4v) is 3.15. The Bertz CT molecular complexity index is 1050. The van der Waals surface area contributed by atoms with E-state index in [1.807, 2.05) is 25.1 Å². The fourth-order valence-electron chi connectivity index (χ4n) is 3.15. The molecule has 0 spiro atoms. The number of imidazole rings is 1. The number of nitrogens with one attached hydrogen (secondary N) is 1. The lowest BCUT2D eigenvalue weighted by molar-refractivity contribution is 1.02. The number of fused-ring (bicyclic) bond motifs is 1. The van der Waals surface area contributed by atoms with E-state index in [9.17, 15) is 0 Å². The van der Waals surface area contributed by atoms with Crippen molar-refractivity contribution in [2.24, 2.45) is 0 Å². The lowest BCUT2D eigenvalue weighted by Crippen LogP contribution is -2.01. The molecule has 2 aromatic heterocycles. The van der Waals surface area contributed by atoms with Crippen molar-refractivity contribution in [3.8, 4) is 11.3 Å². The van der Waals surface area contributed by atoms with Gasteiger partial charge in [-0.25, -0.2) is 9.97 Å². The third kappa shape index (κ3) is 2.87. The molecule has 4 aromatic rings. The van der Waals surface area contributed by atoms with E-state index in [4.69, 9.17) is 4.98 Å². The Morgan fingerprint density at radius 2 is 1.64 bits per heavy atom. The minimum atomic E-state index is 0.714. The Morgan fingerprint density at radius 1 is 0.840 bits per heavy atom. The van der Waals surface area contributed by atoms with Crippen LogP contribution in [0.25, 0.3) is 17.0 Å². The monoisotopic (exact) mass is 328 g/mol. The van der Waals surface area contributed by atoms with Crippen molar-refractivity contribution in [1.29, 1.82) is 0 Å². The number of hydrogen-bond donors (Lipinski definition) is 1. The van der Waals surface area contributed by atoms with Crippen molar-refractivity contribution >= 4 is 17.3 Å². The van der Waals surface area contributed by atoms with Crippen molar-refractivity contribution < 1.29 is 0 Å². The summed E-state index contributed by atoms with van der Waals surface area (Å²) in [5, 5.41) is 3.56. The average molecular weight is 328 g/mol. The van der Waals surface area contributed by atoms with Gasteiger partial charge < -0.3 is 5.32 Å². The molecular formula is C21H20N4. The molecule has 4 nitrogen and oxygen atoms in total. The zero-order valence-electron chi connectivity index (χ0n) is 14.6. The second kappa shape index (κ2) is 6.06. The molecule has 4 heteroatoms. The third-order valence-corrected chi connectivity index (χ3v) is 4.23. The van der Waals surface area contributed by atoms with Crippen LogP contribution >= 0.6 is 0 Å². The average Bonchev–Trinajstić information content (AvgIpc) is 2.94. The summed E-state index contributed by atoms with van der Waals surface area (Å²) in [5.41, 5.74) is 6.30. The normalized spacial score (nSPS) is 11.0. The van der Waals surface area contributed by atoms with Crippen molar-refractivity contribution in [3.05, 3.63) is 77.6 Å². The van der Waals surface area contributed by atoms with Crippen LogP contribution in [0.5, 0.6) is 0 Å². The summed E-state index contributed by atoms with van der Waals surface area (Å²) >= 11 is 0. The molecule has 1 N–H and O–H groups in total. The molecule has 0 aliphatic heterocycles. The summed E-state index contributed by atoms with van der Waals surface area (Å²) in [7, 11) is 0. The van der Waals surface area contributed by atoms with Crippen LogP contribution in [-0.4, -0.2) is 14.4 Å². The van der Waals surface area contributed by atoms with Gasteiger partial charge in [0.05, 0.1) is 0 Å². The molecule has 2 aromatic carbocycles. The highest BCUT2D eigenvalue weighted by Gasteiger charge is 2.17. The van der Waals surface area contributed by atoms with Gasteiger partial charge in [-0.1, -0.05) is 42.5 Å². The second-order valence-electron chi connectivity index (χ2n) is 6.34. The smallest absolute Gasteiger partial charge is 0.236 e. The van der Waals surface area contributed by atoms with Gasteiger partial charge in [0.25, 0.3) is 0 Å². The van der Waals surface area contributed by atoms with Gasteiger partial charge in [-0.3, -0.25) is 4.40 Å². The van der Waals surface area contributed by atoms with Crippen molar-refractivity contribution in [2.75, 3.05) is 5.32 Å². The van der Waals surface area contributed by atoms with Gasteiger partial charge in [0.1, 0.15) is 11.5 Å². The fraction of sp³-hybridized carbons (Fsp3) is 0.143. The maximum absolute atomic E-state index is 4.81. The van der Waals surface area contributed by atoms with Crippen LogP contribution in [0.1, 0.15) is 17.0 Å². The van der Waals surface area contributed by atoms with Gasteiger partial charge in [-0.15, -0.1) is 0 Å². The Labute approximate surface area is 147 Å². The first-order valence-electron chi connectivity index (χ1n) is 8.37. The standard InChI is InChI=1S/C21H20N4/c1-14-8-7-11-18(12-14)23-20-19(17-9-5-4-6-10-17)24-21-22-15(2)13-16(3)25(20)21/h4-13,23H,1-3H3. The topological polar surface area (TPSA) is 42.2 Å². The zero-order chi connectivity index (χ0) is 17.4. The molecule has 0 fully saturated rings. The quantitative estimate of drug-likeness (QED) is 0.571. The molecule has 124 valence electrons. The molecule has 0 aliphatic carbocycles. The van der Waals surface area contributed by atoms with E-state index in [0.717, 1.165) is 34.2 Å². The third-order valence-electron chi connectivity index (χ3n) is 4.23. The first kappa shape index (κ1) is 15.4. The molecule has 0 saturated heterocycles. The molecule has 2 heterocycles. The highest BCUT2D eigenvalue weighted by atomic mass is 15.2. The van der Waals surface area contributed by atoms with Crippen molar-refractivity contribution in [3.63, 3.8) is 0 Å². The first-order valence-corrected chi connectivity index (χ1v) is 8.37. The minimum Gasteiger partial charge on any atom is -0.339 e. The number of aromatic nitrogens is 3. The molecule has 0 amide bonds. The number of aryl methyl sites for hydroxylation is 3. The van der Waals surface area contributed by atoms with Gasteiger partial charge in [-0.05, 0) is 44.5 Å². The Hall–Kier alpha value is -3.14. The summed E-state index contributed by atoms with van der Waals surface area (Å²) in [6.45, 7) is 6.17. The maximum Gasteiger partial charge on any atom is 0.236 e. The minimum absolute atomic E-state index is 0.714. The molecule has 0 unspecified atom stereocenters. The van der Waals surface area contributed by atoms with Crippen molar-refractivity contribution in [1.82, 2.24) is 14.4 Å². The van der Waals surface area contributed by atoms with Crippen LogP contribution in [0.3, 0.4) is 0 Å². The van der Waals surface area contributed by atoms with Crippen LogP contribution in [0.15, 0.2) is 60.7 Å². The summed E-state index contributed by atoms with van der Waals surface area (Å²) in [6, 6.07) is 20.6. The molecule has 0 saturated carbocycles. The van der Waals surface area contributed by atoms with Crippen LogP contribution < -0.4 is 5.32 Å². The van der Waals surface area contributed by atoms with Gasteiger partial charge in [-0.2, -0.15) is 0 Å². The molecule has 0 radical (unpaired) electrons. The molecule has 4 rings (SSSR count). The van der Waals surface area contributed by atoms with Gasteiger partial charge >= 0.3 is 0 Å². The van der Waals surface area contributed by atoms with E-state index in [1.165, 1.54) is 5.56 Å². The number of benzene rings is 2. The first-order chi connectivity index (χ1) is 12.1. The van der Waals surface area contributed by atoms with Gasteiger partial charge in [0.2, 0.25) is 5.78 Å². The second-order valence-corrected chi connectivity index (χ2v) is 6.34. The highest BCUT2D eigenvalue weighted by Crippen LogP contribution is 2.31. The van der Waals surface area contributed by atoms with Gasteiger partial charge in [0.15, 0.2) is 0 Å². The van der Waals surface area contributed by atoms with Crippen LogP contribution in [0.2, 0.25) is 0 Å². The van der Waals surface area contributed by atoms with E-state index in [1.54, 1.807) is 0 Å². The molecule has 0 aliphatic rings. The largest absolute Gasteiger partial charge is 0.339 e. The summed E-state index contributed by atoms with van der Waals surface area (Å²) in [6.07, 6.45) is 0. The van der Waals surface area contributed by atoms with Crippen LogP contribution in [-0.2, 0) is 0 Å². The van der Waals surface area contributed by atoms with Gasteiger partial charge in [0, 0.05) is 22.6 Å². The van der Waals surface area contributed by atoms with Crippen LogP contribution in [0.4, 0.5) is 11.5 Å². The lowest BCUT2D eigenvalue weighted by atomic mass is 10.1. The SMILES string of the molecule is Cc1cccc(Nc2c(-c3ccccc3)nc3nc(C)cc(C)n23)c1. The molecule has 25 heavy (non-hydrogen) atoms. The predicted octanol–water partition coefficient (Wildman–Crippen LogP) is 5.07. The van der Waals surface area contributed by atoms with E-state index < -0.39 is 0 Å². The van der Waals surface area contributed by atoms with Crippen LogP contribution in [0, 0.1) is 20.8 Å². The maximum atomic E-state index is 4.81. The number of anilines is 2. The van der Waals surface area contributed by atoms with E-state index in [-0.39, 0.29) is 0 Å². The van der Waals surface area contributed by atoms with E-state index >= 15 is 0 Å². The van der Waals surface area contributed by atoms with Crippen molar-refractivity contribution in [2.45, 2.75) is 20.8 Å². The predicted molar refractivity (Wildman–Crippen MR) is 102 cm³/mol. The molecule has 0 bridgehead atoms. The summed E-state index contributed by atoms with van der Waals surface area (Å²) in [5.74, 6) is 1.66. The molecule has 0 atom stereocenters. The lowest BCUT2D eigenvalue weighted by Gasteiger charge is -2.11. The molecular weight excluding hydrogens is 308 g/mol. The Morgan fingerprint density at radius 3 is 2.40 bits per heavy atom.